The summed E-state index contributed by atoms with van der Waals surface area (Å²) in [5, 5.41) is 18.1. The minimum absolute atomic E-state index is 0.00200. The molecule has 12 amide bonds. The second-order valence-electron chi connectivity index (χ2n) is 37.1. The maximum Gasteiger partial charge on any atom is 0.247 e. The number of rotatable bonds is 24. The quantitative estimate of drug-likeness (QED) is 0.0531. The van der Waals surface area contributed by atoms with Gasteiger partial charge >= 0.3 is 0 Å². The van der Waals surface area contributed by atoms with Crippen molar-refractivity contribution in [1.82, 2.24) is 68.8 Å². The van der Waals surface area contributed by atoms with Gasteiger partial charge in [0.1, 0.15) is 73.2 Å². The molecule has 8 heterocycles. The van der Waals surface area contributed by atoms with Gasteiger partial charge in [0, 0.05) is 127 Å². The summed E-state index contributed by atoms with van der Waals surface area (Å²) in [4.78, 5) is 179. The molecule has 28 heteroatoms. The third-order valence-electron chi connectivity index (χ3n) is 25.5. The monoisotopic (exact) mass is 1870 g/mol. The number of aliphatic hydroxyl groups is 2. The highest BCUT2D eigenvalue weighted by Gasteiger charge is 2.53. The molecule has 2 aromatic heterocycles. The summed E-state index contributed by atoms with van der Waals surface area (Å²) in [6, 6.07) is 71.1. The fourth-order valence-electron chi connectivity index (χ4n) is 19.1. The molecule has 7 aromatic carbocycles. The second kappa shape index (κ2) is 49.2. The van der Waals surface area contributed by atoms with Crippen molar-refractivity contribution in [2.24, 2.45) is 17.8 Å². The Labute approximate surface area is 807 Å². The highest BCUT2D eigenvalue weighted by molar-refractivity contribution is 5.95. The Morgan fingerprint density at radius 2 is 0.540 bits per heavy atom. The summed E-state index contributed by atoms with van der Waals surface area (Å²) in [7, 11) is 10.6. The number of carbonyl (C=O) groups excluding carboxylic acids is 12. The number of aromatic nitrogens is 2. The lowest BCUT2D eigenvalue weighted by Crippen LogP contribution is -2.41. The van der Waals surface area contributed by atoms with E-state index in [0.717, 1.165) is 56.5 Å². The maximum absolute atomic E-state index is 13.1. The SMILES string of the molecule is CC(=O)N1C(CC(C)C)C(=O)N(C)C1c1ccc(C)cc1.CC(=O)N1C(CC(C)C)C(=O)N(C)C1c1ccccc1.CC(=O)N1C(CC(C)C)C(=O)N(C)C1c1ccccc1.CC(=O)N1C(Cc2cccnc2)C(=O)N(C)C1c1ccccc1.CCCC(=O)N1C(Cc2ccccc2)C(=O)N(C)C1c1ccccc1.CN1C(=O)C(Cc2cccnc2)N(C(=O)CCCC(O)O)C1c1ccccc1. The number of aliphatic hydroxyl groups excluding tert-OH is 1. The Morgan fingerprint density at radius 3 is 0.796 bits per heavy atom. The first kappa shape index (κ1) is 105. The molecule has 28 nitrogen and oxygen atoms in total. The van der Waals surface area contributed by atoms with Crippen molar-refractivity contribution in [3.63, 3.8) is 0 Å². The molecule has 6 aliphatic heterocycles. The van der Waals surface area contributed by atoms with Gasteiger partial charge in [0.2, 0.25) is 70.9 Å². The Hall–Kier alpha value is -13.6. The molecule has 0 bridgehead atoms. The van der Waals surface area contributed by atoms with Crippen LogP contribution in [0, 0.1) is 24.7 Å². The minimum atomic E-state index is -1.44. The predicted octanol–water partition coefficient (Wildman–Crippen LogP) is 14.5. The van der Waals surface area contributed by atoms with Crippen LogP contribution in [0.3, 0.4) is 0 Å². The molecule has 6 saturated heterocycles. The van der Waals surface area contributed by atoms with Gasteiger partial charge in [0.15, 0.2) is 6.29 Å². The highest BCUT2D eigenvalue weighted by Crippen LogP contribution is 2.43. The normalized spacial score (nSPS) is 21.2. The molecule has 12 unspecified atom stereocenters. The minimum Gasteiger partial charge on any atom is -0.368 e. The number of pyridine rings is 2. The van der Waals surface area contributed by atoms with E-state index in [1.54, 1.807) is 133 Å². The van der Waals surface area contributed by atoms with Gasteiger partial charge in [-0.1, -0.05) is 272 Å². The van der Waals surface area contributed by atoms with Crippen LogP contribution in [0.15, 0.2) is 255 Å². The van der Waals surface area contributed by atoms with Crippen LogP contribution in [-0.4, -0.2) is 235 Å². The zero-order valence-electron chi connectivity index (χ0n) is 82.3. The van der Waals surface area contributed by atoms with E-state index in [0.29, 0.717) is 69.1 Å². The van der Waals surface area contributed by atoms with Crippen LogP contribution in [0.4, 0.5) is 0 Å². The van der Waals surface area contributed by atoms with Crippen LogP contribution in [-0.2, 0) is 76.8 Å². The summed E-state index contributed by atoms with van der Waals surface area (Å²) in [6.45, 7) is 22.6. The van der Waals surface area contributed by atoms with E-state index in [4.69, 9.17) is 10.2 Å². The van der Waals surface area contributed by atoms with Crippen LogP contribution in [0.2, 0.25) is 0 Å². The molecule has 15 rings (SSSR count). The van der Waals surface area contributed by atoms with Gasteiger partial charge in [0.05, 0.1) is 0 Å². The standard InChI is InChI=1S/C21H25N3O4.C21H24N2O2.C18H19N3O2.C17H24N2O2.2C16H22N2O2/c1-23-20(16-8-3-2-4-9-16)24(18(25)10-5-11-19(26)27)17(21(23)28)13-15-7-6-12-22-14-15;1-3-10-19(24)23-18(15-16-11-6-4-7-12-16)21(25)22(2)20(23)17-13-8-5-9-14-17;1-13(22)21-16(11-14-7-6-10-19-12-14)18(23)20(2)17(21)15-8-4-3-5-9-15;1-11(2)10-15-17(21)18(5)16(19(15)13(4)20)14-8-6-12(3)7-9-14;2*1-11(2)10-14-16(20)17(4)15(18(14)12(3)19)13-8-6-5-7-9-13/h2-4,6-9,12,14,17,19-20,26-27H,5,10-11,13H2,1H3;4-9,11-14,18,20H,3,10,15H2,1-2H3;3-10,12,16-17H,11H2,1-2H3;6-9,11,15-16H,10H2,1-5H3;2*5-9,11,14-15H,10H2,1-4H3. The van der Waals surface area contributed by atoms with Crippen molar-refractivity contribution in [1.29, 1.82) is 0 Å². The predicted molar refractivity (Wildman–Crippen MR) is 524 cm³/mol. The summed E-state index contributed by atoms with van der Waals surface area (Å²) in [5.41, 5.74) is 9.77. The first-order valence-corrected chi connectivity index (χ1v) is 47.3. The van der Waals surface area contributed by atoms with Crippen molar-refractivity contribution in [2.75, 3.05) is 42.3 Å². The molecule has 2 N–H and O–H groups in total. The van der Waals surface area contributed by atoms with Crippen molar-refractivity contribution in [3.8, 4) is 0 Å². The average Bonchev–Trinajstić information content (AvgIpc) is 1.63. The number of amides is 12. The van der Waals surface area contributed by atoms with E-state index in [9.17, 15) is 57.5 Å². The van der Waals surface area contributed by atoms with Gasteiger partial charge in [-0.25, -0.2) is 0 Å². The number of benzene rings is 7. The number of hydrogen-bond donors (Lipinski definition) is 2. The zero-order valence-corrected chi connectivity index (χ0v) is 82.3. The summed E-state index contributed by atoms with van der Waals surface area (Å²) < 4.78 is 0. The van der Waals surface area contributed by atoms with Crippen LogP contribution < -0.4 is 0 Å². The molecule has 6 aliphatic rings. The lowest BCUT2D eigenvalue weighted by molar-refractivity contribution is -0.137. The Kier molecular flexibility index (Phi) is 37.9. The molecule has 137 heavy (non-hydrogen) atoms. The number of likely N-dealkylation sites (N-methyl/N-ethyl adjacent to an activating group) is 6. The highest BCUT2D eigenvalue weighted by atomic mass is 16.5. The molecule has 6 fully saturated rings. The van der Waals surface area contributed by atoms with E-state index >= 15 is 0 Å². The number of hydrogen-bond acceptors (Lipinski definition) is 16. The van der Waals surface area contributed by atoms with E-state index in [1.165, 1.54) is 26.3 Å². The summed E-state index contributed by atoms with van der Waals surface area (Å²) in [5.74, 6) is 0.631. The summed E-state index contributed by atoms with van der Waals surface area (Å²) >= 11 is 0. The largest absolute Gasteiger partial charge is 0.368 e. The smallest absolute Gasteiger partial charge is 0.247 e. The van der Waals surface area contributed by atoms with Crippen molar-refractivity contribution >= 4 is 70.9 Å². The van der Waals surface area contributed by atoms with Gasteiger partial charge in [-0.3, -0.25) is 67.5 Å². The van der Waals surface area contributed by atoms with Crippen molar-refractivity contribution in [3.05, 3.63) is 311 Å². The molecule has 9 aromatic rings. The van der Waals surface area contributed by atoms with E-state index < -0.39 is 30.6 Å². The van der Waals surface area contributed by atoms with Crippen molar-refractivity contribution < 1.29 is 67.7 Å². The van der Waals surface area contributed by atoms with Gasteiger partial charge in [0.25, 0.3) is 0 Å². The molecule has 0 saturated carbocycles. The van der Waals surface area contributed by atoms with E-state index in [2.05, 4.69) is 51.5 Å². The third kappa shape index (κ3) is 26.0. The Balaban J connectivity index is 0.000000170. The molecular formula is C109H136N14O14. The fraction of sp³-hybridized carbons (Fsp3) is 0.413. The van der Waals surface area contributed by atoms with Gasteiger partial charge in [-0.2, -0.15) is 0 Å². The van der Waals surface area contributed by atoms with Crippen LogP contribution in [0.25, 0.3) is 0 Å². The summed E-state index contributed by atoms with van der Waals surface area (Å²) in [6.07, 6.45) is 8.65. The molecule has 12 atom stereocenters. The van der Waals surface area contributed by atoms with E-state index in [-0.39, 0.29) is 133 Å². The zero-order chi connectivity index (χ0) is 99.8. The average molecular weight is 1870 g/mol. The Morgan fingerprint density at radius 1 is 0.307 bits per heavy atom. The lowest BCUT2D eigenvalue weighted by Gasteiger charge is -2.30. The third-order valence-corrected chi connectivity index (χ3v) is 25.5. The molecular weight excluding hydrogens is 1730 g/mol. The number of aryl methyl sites for hydroxylation is 1. The molecule has 0 aliphatic carbocycles. The maximum atomic E-state index is 13.1. The topological polar surface area (TPSA) is 310 Å². The second-order valence-corrected chi connectivity index (χ2v) is 37.1. The first-order chi connectivity index (χ1) is 65.4. The lowest BCUT2D eigenvalue weighted by atomic mass is 10.0. The van der Waals surface area contributed by atoms with Gasteiger partial charge in [-0.15, -0.1) is 0 Å². The molecule has 726 valence electrons. The van der Waals surface area contributed by atoms with Crippen molar-refractivity contribution in [2.45, 2.75) is 233 Å². The van der Waals surface area contributed by atoms with Crippen LogP contribution in [0.1, 0.15) is 220 Å². The first-order valence-electron chi connectivity index (χ1n) is 47.3. The van der Waals surface area contributed by atoms with Gasteiger partial charge in [-0.05, 0) is 125 Å². The number of nitrogens with zero attached hydrogens (tertiary/aromatic N) is 14. The Bertz CT molecular complexity index is 5410. The fourth-order valence-corrected chi connectivity index (χ4v) is 19.1. The van der Waals surface area contributed by atoms with E-state index in [1.807, 2.05) is 244 Å². The molecule has 0 radical (unpaired) electrons. The number of carbonyl (C=O) groups is 12. The van der Waals surface area contributed by atoms with Gasteiger partial charge < -0.3 is 69.0 Å². The molecule has 0 spiro atoms. The van der Waals surface area contributed by atoms with Crippen LogP contribution >= 0.6 is 0 Å². The van der Waals surface area contributed by atoms with Crippen LogP contribution in [0.5, 0.6) is 0 Å².